The predicted molar refractivity (Wildman–Crippen MR) is 108 cm³/mol. The number of amides is 2. The first-order valence-electron chi connectivity index (χ1n) is 10.5. The van der Waals surface area contributed by atoms with Gasteiger partial charge in [-0.25, -0.2) is 4.79 Å². The van der Waals surface area contributed by atoms with E-state index in [2.05, 4.69) is 5.32 Å². The van der Waals surface area contributed by atoms with Crippen molar-refractivity contribution in [1.82, 2.24) is 10.6 Å². The lowest BCUT2D eigenvalue weighted by atomic mass is 9.95. The molecule has 15 nitrogen and oxygen atoms in total. The Balaban J connectivity index is 3.16. The fraction of sp³-hybridized carbons (Fsp3) is 0.778. The summed E-state index contributed by atoms with van der Waals surface area (Å²) in [7, 11) is 0. The molecule has 11 N–H and O–H groups in total. The molecule has 1 unspecified atom stereocenters. The molecule has 1 heterocycles. The van der Waals surface area contributed by atoms with E-state index in [9.17, 15) is 34.5 Å². The molecular formula is C18H32N4O11. The average molecular weight is 481 g/mol. The van der Waals surface area contributed by atoms with Crippen LogP contribution in [0.25, 0.3) is 0 Å². The number of hydrogen-bond donors (Lipinski definition) is 9. The van der Waals surface area contributed by atoms with E-state index in [1.807, 2.05) is 0 Å². The van der Waals surface area contributed by atoms with Gasteiger partial charge in [-0.3, -0.25) is 19.7 Å². The topological polar surface area (TPSA) is 264 Å². The number of nitrogens with one attached hydrogen (secondary N) is 2. The Labute approximate surface area is 190 Å². The van der Waals surface area contributed by atoms with Crippen LogP contribution in [0.4, 0.5) is 0 Å². The Morgan fingerprint density at radius 1 is 1.24 bits per heavy atom. The summed E-state index contributed by atoms with van der Waals surface area (Å²) in [4.78, 5) is 46.3. The summed E-state index contributed by atoms with van der Waals surface area (Å²) in [5, 5.41) is 50.6. The number of aliphatic hydroxyl groups is 3. The predicted octanol–water partition coefficient (Wildman–Crippen LogP) is -4.58. The molecular weight excluding hydrogens is 448 g/mol. The number of primary amides is 1. The minimum Gasteiger partial charge on any atom is -0.481 e. The Bertz CT molecular complexity index is 743. The SMILES string of the molecule is [2H]N(C1O[C@H](CO)[C@@H](O)[C@H](O[C@H](C)C(=O)O)[C@H]1N)[C@H](C(=O)N[C@@H](CCC(=O)O)C(N)=O)[C@@H](C)O. The van der Waals surface area contributed by atoms with E-state index < -0.39 is 91.7 Å². The van der Waals surface area contributed by atoms with Crippen LogP contribution in [0.1, 0.15) is 26.7 Å². The van der Waals surface area contributed by atoms with Crippen molar-refractivity contribution in [2.24, 2.45) is 11.5 Å². The smallest absolute Gasteiger partial charge is 0.332 e. The lowest BCUT2D eigenvalue weighted by Gasteiger charge is -2.44. The van der Waals surface area contributed by atoms with Crippen molar-refractivity contribution < 1.29 is 55.6 Å². The van der Waals surface area contributed by atoms with Gasteiger partial charge in [0.2, 0.25) is 11.8 Å². The van der Waals surface area contributed by atoms with Crippen LogP contribution >= 0.6 is 0 Å². The molecule has 1 saturated heterocycles. The molecule has 9 atom stereocenters. The monoisotopic (exact) mass is 481 g/mol. The molecule has 0 saturated carbocycles. The summed E-state index contributed by atoms with van der Waals surface area (Å²) in [6.07, 6.45) is -9.82. The van der Waals surface area contributed by atoms with Crippen LogP contribution in [-0.2, 0) is 28.7 Å². The molecule has 0 aromatic heterocycles. The molecule has 1 aliphatic rings. The largest absolute Gasteiger partial charge is 0.481 e. The Morgan fingerprint density at radius 2 is 1.85 bits per heavy atom. The second-order valence-electron chi connectivity index (χ2n) is 7.63. The van der Waals surface area contributed by atoms with E-state index in [0.717, 1.165) is 6.92 Å². The molecule has 2 amide bonds. The molecule has 0 aliphatic carbocycles. The molecule has 0 spiro atoms. The summed E-state index contributed by atoms with van der Waals surface area (Å²) < 4.78 is 19.1. The number of ether oxygens (including phenoxy) is 2. The van der Waals surface area contributed by atoms with Crippen LogP contribution in [0, 0.1) is 0 Å². The number of aliphatic hydroxyl groups excluding tert-OH is 3. The van der Waals surface area contributed by atoms with Gasteiger partial charge in [-0.05, 0) is 20.3 Å². The van der Waals surface area contributed by atoms with Crippen LogP contribution in [0.3, 0.4) is 0 Å². The van der Waals surface area contributed by atoms with Crippen molar-refractivity contribution >= 4 is 23.8 Å². The minimum absolute atomic E-state index is 0.345. The zero-order valence-corrected chi connectivity index (χ0v) is 18.1. The third-order valence-electron chi connectivity index (χ3n) is 4.97. The number of carboxylic acids is 2. The second-order valence-corrected chi connectivity index (χ2v) is 7.63. The Kier molecular flexibility index (Phi) is 10.4. The normalized spacial score (nSPS) is 29.4. The Morgan fingerprint density at radius 3 is 2.30 bits per heavy atom. The van der Waals surface area contributed by atoms with Gasteiger partial charge in [0.15, 0.2) is 6.10 Å². The number of rotatable bonds is 13. The van der Waals surface area contributed by atoms with Crippen molar-refractivity contribution in [3.05, 3.63) is 0 Å². The zero-order chi connectivity index (χ0) is 26.3. The molecule has 0 bridgehead atoms. The van der Waals surface area contributed by atoms with Crippen molar-refractivity contribution in [3.63, 3.8) is 0 Å². The van der Waals surface area contributed by atoms with Crippen LogP contribution in [0.5, 0.6) is 0 Å². The quantitative estimate of drug-likeness (QED) is 0.120. The van der Waals surface area contributed by atoms with E-state index in [-0.39, 0.29) is 6.42 Å². The Hall–Kier alpha value is -2.40. The van der Waals surface area contributed by atoms with Crippen LogP contribution in [-0.4, -0.2) is 111 Å². The van der Waals surface area contributed by atoms with E-state index in [1.165, 1.54) is 6.92 Å². The second kappa shape index (κ2) is 12.7. The van der Waals surface area contributed by atoms with Crippen molar-refractivity contribution in [2.75, 3.05) is 6.61 Å². The molecule has 190 valence electrons. The van der Waals surface area contributed by atoms with Gasteiger partial charge in [0, 0.05) is 6.42 Å². The first-order chi connectivity index (χ1) is 15.7. The number of aliphatic carboxylic acids is 2. The summed E-state index contributed by atoms with van der Waals surface area (Å²) in [5.74, 6) is -4.74. The highest BCUT2D eigenvalue weighted by molar-refractivity contribution is 5.89. The summed E-state index contributed by atoms with van der Waals surface area (Å²) in [6, 6.07) is -4.58. The van der Waals surface area contributed by atoms with Crippen molar-refractivity contribution in [3.8, 4) is 0 Å². The first-order valence-corrected chi connectivity index (χ1v) is 10.1. The highest BCUT2D eigenvalue weighted by atomic mass is 16.6. The maximum atomic E-state index is 12.8. The number of carbonyl (C=O) groups is 4. The maximum Gasteiger partial charge on any atom is 0.332 e. The molecule has 0 radical (unpaired) electrons. The van der Waals surface area contributed by atoms with Crippen LogP contribution in [0.2, 0.25) is 1.41 Å². The summed E-state index contributed by atoms with van der Waals surface area (Å²) >= 11 is 0. The van der Waals surface area contributed by atoms with Gasteiger partial charge in [0.1, 0.15) is 38.0 Å². The van der Waals surface area contributed by atoms with E-state index in [4.69, 9.17) is 32.6 Å². The fourth-order valence-electron chi connectivity index (χ4n) is 3.08. The molecule has 0 aromatic carbocycles. The lowest BCUT2D eigenvalue weighted by Crippen LogP contribution is -2.70. The highest BCUT2D eigenvalue weighted by Crippen LogP contribution is 2.23. The van der Waals surface area contributed by atoms with Crippen LogP contribution < -0.4 is 22.1 Å². The van der Waals surface area contributed by atoms with Gasteiger partial charge in [0.25, 0.3) is 0 Å². The van der Waals surface area contributed by atoms with Crippen LogP contribution in [0.15, 0.2) is 0 Å². The zero-order valence-electron chi connectivity index (χ0n) is 19.1. The van der Waals surface area contributed by atoms with Gasteiger partial charge in [-0.2, -0.15) is 0 Å². The number of nitrogens with two attached hydrogens (primary N) is 2. The maximum absolute atomic E-state index is 12.8. The van der Waals surface area contributed by atoms with Gasteiger partial charge >= 0.3 is 11.9 Å². The van der Waals surface area contributed by atoms with E-state index in [0.29, 0.717) is 5.31 Å². The minimum atomic E-state index is -1.74. The van der Waals surface area contributed by atoms with E-state index >= 15 is 0 Å². The first kappa shape index (κ1) is 26.8. The molecule has 33 heavy (non-hydrogen) atoms. The number of carboxylic acid groups (broad SMARTS) is 2. The van der Waals surface area contributed by atoms with Crippen molar-refractivity contribution in [2.45, 2.75) is 81.6 Å². The molecule has 1 fully saturated rings. The van der Waals surface area contributed by atoms with Gasteiger partial charge in [0.05, 0.1) is 18.8 Å². The van der Waals surface area contributed by atoms with Crippen molar-refractivity contribution in [1.29, 1.82) is 0 Å². The summed E-state index contributed by atoms with van der Waals surface area (Å²) in [6.45, 7) is 1.55. The molecule has 0 aromatic rings. The number of hydrogen-bond acceptors (Lipinski definition) is 11. The fourth-order valence-corrected chi connectivity index (χ4v) is 3.08. The summed E-state index contributed by atoms with van der Waals surface area (Å²) in [5.41, 5.74) is 11.2. The molecule has 15 heteroatoms. The van der Waals surface area contributed by atoms with E-state index in [1.54, 1.807) is 0 Å². The third-order valence-corrected chi connectivity index (χ3v) is 4.97. The average Bonchev–Trinajstić information content (AvgIpc) is 2.73. The lowest BCUT2D eigenvalue weighted by molar-refractivity contribution is -0.222. The van der Waals surface area contributed by atoms with Gasteiger partial charge in [-0.15, -0.1) is 0 Å². The van der Waals surface area contributed by atoms with Gasteiger partial charge < -0.3 is 51.8 Å². The standard InChI is InChI=1S/C18H32N4O11/c1-6(24)12(16(29)21-8(15(20)28)3-4-10(25)26)22-17-11(19)14(32-7(2)18(30)31)13(27)9(5-23)33-17/h6-9,11-14,17,22-24,27H,3-5,19H2,1-2H3,(H2,20,28)(H,21,29)(H,25,26)(H,30,31)/t6-,7-,8+,9-,11-,12+,13-,14-,17?/m1/s1/i/hD. The molecule has 1 aliphatic heterocycles. The number of carbonyl (C=O) groups excluding carboxylic acids is 2. The third kappa shape index (κ3) is 8.15. The highest BCUT2D eigenvalue weighted by Gasteiger charge is 2.46. The van der Waals surface area contributed by atoms with Gasteiger partial charge in [-0.1, -0.05) is 0 Å². The molecule has 1 rings (SSSR count).